The SMILES string of the molecule is O=C(Oc1ncncc1-c1cnco1)c1ccco1. The van der Waals surface area contributed by atoms with E-state index in [1.54, 1.807) is 6.07 Å². The highest BCUT2D eigenvalue weighted by Gasteiger charge is 2.17. The van der Waals surface area contributed by atoms with E-state index in [2.05, 4.69) is 15.0 Å². The van der Waals surface area contributed by atoms with E-state index in [1.807, 2.05) is 0 Å². The van der Waals surface area contributed by atoms with Gasteiger partial charge in [0.15, 0.2) is 12.2 Å². The largest absolute Gasteiger partial charge is 0.457 e. The van der Waals surface area contributed by atoms with E-state index in [-0.39, 0.29) is 11.6 Å². The monoisotopic (exact) mass is 257 g/mol. The molecule has 0 spiro atoms. The predicted octanol–water partition coefficient (Wildman–Crippen LogP) is 1.94. The molecule has 3 aromatic rings. The lowest BCUT2D eigenvalue weighted by Crippen LogP contribution is -2.09. The number of oxazole rings is 1. The van der Waals surface area contributed by atoms with Crippen LogP contribution in [0.5, 0.6) is 5.88 Å². The molecule has 0 N–H and O–H groups in total. The summed E-state index contributed by atoms with van der Waals surface area (Å²) in [6, 6.07) is 3.09. The molecule has 7 heteroatoms. The van der Waals surface area contributed by atoms with Crippen LogP contribution in [0, 0.1) is 0 Å². The summed E-state index contributed by atoms with van der Waals surface area (Å²) in [6.45, 7) is 0. The molecule has 0 saturated heterocycles. The van der Waals surface area contributed by atoms with Crippen LogP contribution < -0.4 is 4.74 Å². The Bertz CT molecular complexity index is 677. The first-order valence-electron chi connectivity index (χ1n) is 5.29. The summed E-state index contributed by atoms with van der Waals surface area (Å²) in [4.78, 5) is 23.3. The van der Waals surface area contributed by atoms with Crippen LogP contribution in [0.2, 0.25) is 0 Å². The van der Waals surface area contributed by atoms with Crippen molar-refractivity contribution in [1.82, 2.24) is 15.0 Å². The van der Waals surface area contributed by atoms with E-state index >= 15 is 0 Å². The lowest BCUT2D eigenvalue weighted by atomic mass is 10.3. The Hall–Kier alpha value is -2.96. The summed E-state index contributed by atoms with van der Waals surface area (Å²) in [6.07, 6.45) is 6.86. The molecule has 0 saturated carbocycles. The summed E-state index contributed by atoms with van der Waals surface area (Å²) >= 11 is 0. The van der Waals surface area contributed by atoms with Gasteiger partial charge in [0.2, 0.25) is 11.6 Å². The lowest BCUT2D eigenvalue weighted by Gasteiger charge is -2.04. The molecule has 0 fully saturated rings. The molecule has 0 aliphatic heterocycles. The molecule has 0 unspecified atom stereocenters. The van der Waals surface area contributed by atoms with Crippen LogP contribution >= 0.6 is 0 Å². The average molecular weight is 257 g/mol. The van der Waals surface area contributed by atoms with Crippen molar-refractivity contribution in [3.63, 3.8) is 0 Å². The summed E-state index contributed by atoms with van der Waals surface area (Å²) in [5.41, 5.74) is 0.430. The fourth-order valence-electron chi connectivity index (χ4n) is 1.45. The third kappa shape index (κ3) is 2.21. The third-order valence-electron chi connectivity index (χ3n) is 2.29. The van der Waals surface area contributed by atoms with E-state index in [0.29, 0.717) is 11.3 Å². The molecule has 3 rings (SSSR count). The molecule has 7 nitrogen and oxygen atoms in total. The van der Waals surface area contributed by atoms with Crippen LogP contribution in [-0.4, -0.2) is 20.9 Å². The van der Waals surface area contributed by atoms with Crippen molar-refractivity contribution < 1.29 is 18.4 Å². The molecule has 3 aromatic heterocycles. The third-order valence-corrected chi connectivity index (χ3v) is 2.29. The van der Waals surface area contributed by atoms with Crippen LogP contribution in [0.4, 0.5) is 0 Å². The van der Waals surface area contributed by atoms with E-state index in [9.17, 15) is 4.79 Å². The molecule has 0 bridgehead atoms. The normalized spacial score (nSPS) is 10.3. The molecule has 0 atom stereocenters. The maximum absolute atomic E-state index is 11.8. The van der Waals surface area contributed by atoms with Gasteiger partial charge in [0.25, 0.3) is 0 Å². The number of carbonyl (C=O) groups excluding carboxylic acids is 1. The van der Waals surface area contributed by atoms with Gasteiger partial charge in [-0.3, -0.25) is 0 Å². The predicted molar refractivity (Wildman–Crippen MR) is 61.2 cm³/mol. The summed E-state index contributed by atoms with van der Waals surface area (Å²) in [7, 11) is 0. The van der Waals surface area contributed by atoms with Crippen molar-refractivity contribution in [3.8, 4) is 17.2 Å². The topological polar surface area (TPSA) is 91.2 Å². The van der Waals surface area contributed by atoms with Crippen molar-refractivity contribution >= 4 is 5.97 Å². The quantitative estimate of drug-likeness (QED) is 0.662. The minimum absolute atomic E-state index is 0.0770. The standard InChI is InChI=1S/C12H7N3O4/c16-12(9-2-1-3-17-9)19-11-8(4-13-6-15-11)10-5-14-7-18-10/h1-7H. The van der Waals surface area contributed by atoms with Crippen molar-refractivity contribution in [2.75, 3.05) is 0 Å². The number of rotatable bonds is 3. The van der Waals surface area contributed by atoms with Crippen LogP contribution in [0.1, 0.15) is 10.6 Å². The number of furan rings is 1. The number of carbonyl (C=O) groups is 1. The number of hydrogen-bond donors (Lipinski definition) is 0. The van der Waals surface area contributed by atoms with Crippen LogP contribution in [0.3, 0.4) is 0 Å². The number of ether oxygens (including phenoxy) is 1. The van der Waals surface area contributed by atoms with Gasteiger partial charge in [-0.2, -0.15) is 0 Å². The van der Waals surface area contributed by atoms with Gasteiger partial charge in [-0.1, -0.05) is 0 Å². The van der Waals surface area contributed by atoms with E-state index in [1.165, 1.54) is 37.4 Å². The zero-order valence-electron chi connectivity index (χ0n) is 9.52. The van der Waals surface area contributed by atoms with Gasteiger partial charge in [-0.25, -0.2) is 19.7 Å². The summed E-state index contributed by atoms with van der Waals surface area (Å²) in [5.74, 6) is -0.0809. The molecule has 0 aliphatic carbocycles. The van der Waals surface area contributed by atoms with Gasteiger partial charge in [0.1, 0.15) is 6.33 Å². The summed E-state index contributed by atoms with van der Waals surface area (Å²) < 4.78 is 15.2. The Labute approximate surface area is 106 Å². The molecule has 3 heterocycles. The zero-order chi connectivity index (χ0) is 13.1. The van der Waals surface area contributed by atoms with Gasteiger partial charge < -0.3 is 13.6 Å². The zero-order valence-corrected chi connectivity index (χ0v) is 9.52. The van der Waals surface area contributed by atoms with Crippen LogP contribution in [0.15, 0.2) is 52.3 Å². The molecule has 0 radical (unpaired) electrons. The van der Waals surface area contributed by atoms with Gasteiger partial charge in [-0.15, -0.1) is 0 Å². The molecule has 0 aliphatic rings. The first-order chi connectivity index (χ1) is 9.34. The Balaban J connectivity index is 1.92. The number of aromatic nitrogens is 3. The fourth-order valence-corrected chi connectivity index (χ4v) is 1.45. The maximum atomic E-state index is 11.8. The minimum atomic E-state index is -0.649. The van der Waals surface area contributed by atoms with Crippen molar-refractivity contribution in [2.24, 2.45) is 0 Å². The van der Waals surface area contributed by atoms with Crippen molar-refractivity contribution in [2.45, 2.75) is 0 Å². The van der Waals surface area contributed by atoms with Gasteiger partial charge in [0, 0.05) is 6.20 Å². The molecule has 0 amide bonds. The average Bonchev–Trinajstić information content (AvgIpc) is 3.13. The molecular formula is C12H7N3O4. The number of nitrogens with zero attached hydrogens (tertiary/aromatic N) is 3. The molecule has 0 aromatic carbocycles. The van der Waals surface area contributed by atoms with Crippen molar-refractivity contribution in [1.29, 1.82) is 0 Å². The van der Waals surface area contributed by atoms with Crippen molar-refractivity contribution in [3.05, 3.63) is 49.3 Å². The van der Waals surface area contributed by atoms with Crippen LogP contribution in [0.25, 0.3) is 11.3 Å². The highest BCUT2D eigenvalue weighted by atomic mass is 16.6. The smallest absolute Gasteiger partial charge is 0.380 e. The second-order valence-corrected chi connectivity index (χ2v) is 3.47. The van der Waals surface area contributed by atoms with Gasteiger partial charge >= 0.3 is 5.97 Å². The molecular weight excluding hydrogens is 250 g/mol. The summed E-state index contributed by atoms with van der Waals surface area (Å²) in [5, 5.41) is 0. The molecule has 94 valence electrons. The number of esters is 1. The van der Waals surface area contributed by atoms with E-state index in [0.717, 1.165) is 0 Å². The Morgan fingerprint density at radius 2 is 2.16 bits per heavy atom. The highest BCUT2D eigenvalue weighted by Crippen LogP contribution is 2.26. The second kappa shape index (κ2) is 4.73. The highest BCUT2D eigenvalue weighted by molar-refractivity contribution is 5.88. The molecule has 19 heavy (non-hydrogen) atoms. The van der Waals surface area contributed by atoms with Gasteiger partial charge in [-0.05, 0) is 12.1 Å². The maximum Gasteiger partial charge on any atom is 0.380 e. The Morgan fingerprint density at radius 3 is 2.89 bits per heavy atom. The Morgan fingerprint density at radius 1 is 1.21 bits per heavy atom. The van der Waals surface area contributed by atoms with E-state index < -0.39 is 5.97 Å². The van der Waals surface area contributed by atoms with E-state index in [4.69, 9.17) is 13.6 Å². The fraction of sp³-hybridized carbons (Fsp3) is 0. The first-order valence-corrected chi connectivity index (χ1v) is 5.29. The van der Waals surface area contributed by atoms with Gasteiger partial charge in [0.05, 0.1) is 18.0 Å². The number of hydrogen-bond acceptors (Lipinski definition) is 7. The minimum Gasteiger partial charge on any atom is -0.457 e. The lowest BCUT2D eigenvalue weighted by molar-refractivity contribution is 0.0694. The first kappa shape index (κ1) is 11.1. The Kier molecular flexibility index (Phi) is 2.77. The van der Waals surface area contributed by atoms with Crippen LogP contribution in [-0.2, 0) is 0 Å². The second-order valence-electron chi connectivity index (χ2n) is 3.47.